The van der Waals surface area contributed by atoms with Gasteiger partial charge >= 0.3 is 0 Å². The van der Waals surface area contributed by atoms with E-state index in [9.17, 15) is 0 Å². The van der Waals surface area contributed by atoms with Crippen molar-refractivity contribution >= 4 is 27.5 Å². The highest BCUT2D eigenvalue weighted by molar-refractivity contribution is 6.00. The van der Waals surface area contributed by atoms with Crippen LogP contribution in [-0.2, 0) is 0 Å². The van der Waals surface area contributed by atoms with Crippen LogP contribution in [0.3, 0.4) is 0 Å². The van der Waals surface area contributed by atoms with Gasteiger partial charge in [-0.1, -0.05) is 18.7 Å². The molecule has 0 bridgehead atoms. The lowest BCUT2D eigenvalue weighted by atomic mass is 10.0. The van der Waals surface area contributed by atoms with E-state index in [1.807, 2.05) is 55.9 Å². The molecule has 0 unspecified atom stereocenters. The van der Waals surface area contributed by atoms with Gasteiger partial charge in [-0.05, 0) is 68.3 Å². The molecule has 0 amide bonds. The van der Waals surface area contributed by atoms with Crippen LogP contribution in [0.15, 0.2) is 85.6 Å². The number of nitrogens with zero attached hydrogens (tertiary/aromatic N) is 4. The normalized spacial score (nSPS) is 12.6. The molecule has 0 aliphatic heterocycles. The summed E-state index contributed by atoms with van der Waals surface area (Å²) in [5.41, 5.74) is 8.31. The first-order chi connectivity index (χ1) is 17.1. The Balaban J connectivity index is 1.59. The molecular weight excluding hydrogens is 434 g/mol. The average molecular weight is 462 g/mol. The average Bonchev–Trinajstić information content (AvgIpc) is 3.50. The minimum absolute atomic E-state index is 0.306. The van der Waals surface area contributed by atoms with Gasteiger partial charge in [-0.3, -0.25) is 15.1 Å². The number of pyridine rings is 3. The second kappa shape index (κ2) is 9.38. The van der Waals surface area contributed by atoms with Gasteiger partial charge in [0.1, 0.15) is 11.3 Å². The van der Waals surface area contributed by atoms with E-state index in [0.717, 1.165) is 61.4 Å². The molecule has 5 heterocycles. The minimum atomic E-state index is 0.306. The van der Waals surface area contributed by atoms with E-state index in [1.165, 1.54) is 0 Å². The third kappa shape index (κ3) is 4.36. The quantitative estimate of drug-likeness (QED) is 0.257. The number of aromatic amines is 2. The molecule has 0 saturated heterocycles. The van der Waals surface area contributed by atoms with Crippen molar-refractivity contribution in [2.75, 3.05) is 0 Å². The monoisotopic (exact) mass is 461 g/mol. The maximum Gasteiger partial charge on any atom is 0.138 e. The number of hydrogen-bond donors (Lipinski definition) is 3. The molecule has 174 valence electrons. The number of H-pyrrole nitrogens is 2. The first-order valence-electron chi connectivity index (χ1n) is 11.6. The van der Waals surface area contributed by atoms with Crippen LogP contribution in [0.25, 0.3) is 50.0 Å². The third-order valence-electron chi connectivity index (χ3n) is 5.80. The number of rotatable bonds is 7. The van der Waals surface area contributed by atoms with E-state index < -0.39 is 0 Å². The topological polar surface area (TPSA) is 95.2 Å². The van der Waals surface area contributed by atoms with Crippen LogP contribution in [0.1, 0.15) is 26.5 Å². The molecule has 3 N–H and O–H groups in total. The van der Waals surface area contributed by atoms with Gasteiger partial charge in [-0.25, -0.2) is 4.98 Å². The second-order valence-electron chi connectivity index (χ2n) is 8.58. The van der Waals surface area contributed by atoms with Gasteiger partial charge in [0.25, 0.3) is 0 Å². The van der Waals surface area contributed by atoms with Gasteiger partial charge in [-0.15, -0.1) is 0 Å². The fraction of sp³-hybridized carbons (Fsp3) is 0.143. The maximum atomic E-state index is 4.67. The molecule has 0 atom stereocenters. The highest BCUT2D eigenvalue weighted by Gasteiger charge is 2.15. The van der Waals surface area contributed by atoms with Crippen LogP contribution < -0.4 is 5.32 Å². The summed E-state index contributed by atoms with van der Waals surface area (Å²) in [5.74, 6) is 0. The van der Waals surface area contributed by atoms with Gasteiger partial charge in [-0.2, -0.15) is 5.10 Å². The molecule has 5 rings (SSSR count). The summed E-state index contributed by atoms with van der Waals surface area (Å²) < 4.78 is 0. The Kier molecular flexibility index (Phi) is 5.97. The van der Waals surface area contributed by atoms with E-state index in [-0.39, 0.29) is 0 Å². The van der Waals surface area contributed by atoms with Gasteiger partial charge in [0, 0.05) is 46.7 Å². The van der Waals surface area contributed by atoms with Gasteiger partial charge < -0.3 is 10.3 Å². The fourth-order valence-electron chi connectivity index (χ4n) is 4.17. The number of hydrogen-bond acceptors (Lipinski definition) is 5. The Labute approximate surface area is 203 Å². The molecule has 7 nitrogen and oxygen atoms in total. The molecule has 35 heavy (non-hydrogen) atoms. The molecule has 0 aliphatic carbocycles. The molecule has 0 radical (unpaired) electrons. The van der Waals surface area contributed by atoms with E-state index in [2.05, 4.69) is 74.1 Å². The van der Waals surface area contributed by atoms with Crippen LogP contribution in [0.2, 0.25) is 0 Å². The van der Waals surface area contributed by atoms with Crippen molar-refractivity contribution < 1.29 is 0 Å². The molecule has 0 fully saturated rings. The number of aromatic nitrogens is 6. The zero-order valence-corrected chi connectivity index (χ0v) is 20.0. The van der Waals surface area contributed by atoms with E-state index >= 15 is 0 Å². The standard InChI is InChI=1S/C28H27N7/c1-5-18(12-20(6-2)32-17(3)4)24-14-23-26(16-31-24)34-35-27(23)25-13-22-21(9-11-30-28(22)33-25)19-8-7-10-29-15-19/h5-17,32H,2H2,1,3-4H3,(H,30,33)(H,34,35)/b18-5+,20-12+. The number of allylic oxidation sites excluding steroid dienone is 4. The van der Waals surface area contributed by atoms with Crippen LogP contribution >= 0.6 is 0 Å². The van der Waals surface area contributed by atoms with E-state index in [4.69, 9.17) is 0 Å². The molecule has 5 aromatic rings. The fourth-order valence-corrected chi connectivity index (χ4v) is 4.17. The summed E-state index contributed by atoms with van der Waals surface area (Å²) >= 11 is 0. The highest BCUT2D eigenvalue weighted by Crippen LogP contribution is 2.33. The molecular formula is C28H27N7. The lowest BCUT2D eigenvalue weighted by Gasteiger charge is -2.12. The summed E-state index contributed by atoms with van der Waals surface area (Å²) in [6, 6.07) is 10.5. The minimum Gasteiger partial charge on any atom is -0.383 e. The molecule has 0 saturated carbocycles. The first kappa shape index (κ1) is 22.3. The van der Waals surface area contributed by atoms with Crippen molar-refractivity contribution in [3.8, 4) is 22.5 Å². The van der Waals surface area contributed by atoms with E-state index in [1.54, 1.807) is 6.20 Å². The largest absolute Gasteiger partial charge is 0.383 e. The number of fused-ring (bicyclic) bond motifs is 2. The molecule has 0 spiro atoms. The van der Waals surface area contributed by atoms with Crippen molar-refractivity contribution in [1.29, 1.82) is 0 Å². The first-order valence-corrected chi connectivity index (χ1v) is 11.6. The lowest BCUT2D eigenvalue weighted by molar-refractivity contribution is 0.682. The highest BCUT2D eigenvalue weighted by atomic mass is 15.1. The van der Waals surface area contributed by atoms with Crippen LogP contribution in [0, 0.1) is 0 Å². The Hall–Kier alpha value is -4.52. The smallest absolute Gasteiger partial charge is 0.138 e. The van der Waals surface area contributed by atoms with Crippen LogP contribution in [0.5, 0.6) is 0 Å². The van der Waals surface area contributed by atoms with Crippen molar-refractivity contribution in [2.24, 2.45) is 0 Å². The predicted octanol–water partition coefficient (Wildman–Crippen LogP) is 6.03. The van der Waals surface area contributed by atoms with E-state index in [0.29, 0.717) is 6.04 Å². The number of nitrogens with one attached hydrogen (secondary N) is 3. The van der Waals surface area contributed by atoms with Gasteiger partial charge in [0.15, 0.2) is 0 Å². The Bertz CT molecular complexity index is 1570. The SMILES string of the molecule is C=C/C(=C\C(=C/C)c1cc2c(-c3cc4c(-c5cccnc5)ccnc4[nH]3)n[nH]c2cn1)NC(C)C. The van der Waals surface area contributed by atoms with Crippen LogP contribution in [0.4, 0.5) is 0 Å². The molecule has 7 heteroatoms. The summed E-state index contributed by atoms with van der Waals surface area (Å²) in [7, 11) is 0. The van der Waals surface area contributed by atoms with Crippen molar-refractivity contribution in [1.82, 2.24) is 35.5 Å². The second-order valence-corrected chi connectivity index (χ2v) is 8.58. The van der Waals surface area contributed by atoms with Gasteiger partial charge in [0.2, 0.25) is 0 Å². The molecule has 0 aliphatic rings. The van der Waals surface area contributed by atoms with Gasteiger partial charge in [0.05, 0.1) is 23.1 Å². The Morgan fingerprint density at radius 3 is 2.71 bits per heavy atom. The summed E-state index contributed by atoms with van der Waals surface area (Å²) in [4.78, 5) is 16.9. The zero-order valence-electron chi connectivity index (χ0n) is 20.0. The maximum absolute atomic E-state index is 4.67. The summed E-state index contributed by atoms with van der Waals surface area (Å²) in [6.07, 6.45) is 13.2. The summed E-state index contributed by atoms with van der Waals surface area (Å²) in [5, 5.41) is 13.1. The third-order valence-corrected chi connectivity index (χ3v) is 5.80. The summed E-state index contributed by atoms with van der Waals surface area (Å²) in [6.45, 7) is 10.1. The molecule has 5 aromatic heterocycles. The zero-order chi connectivity index (χ0) is 24.4. The lowest BCUT2D eigenvalue weighted by Crippen LogP contribution is -2.20. The van der Waals surface area contributed by atoms with Crippen LogP contribution in [-0.4, -0.2) is 36.2 Å². The van der Waals surface area contributed by atoms with Crippen molar-refractivity contribution in [2.45, 2.75) is 26.8 Å². The van der Waals surface area contributed by atoms with Crippen molar-refractivity contribution in [3.05, 3.63) is 91.3 Å². The van der Waals surface area contributed by atoms with Crippen molar-refractivity contribution in [3.63, 3.8) is 0 Å². The molecule has 0 aromatic carbocycles. The Morgan fingerprint density at radius 1 is 1.09 bits per heavy atom. The predicted molar refractivity (Wildman–Crippen MR) is 142 cm³/mol. The Morgan fingerprint density at radius 2 is 1.97 bits per heavy atom.